The molecule has 2 aromatic carbocycles. The van der Waals surface area contributed by atoms with E-state index in [1.54, 1.807) is 59.4 Å². The van der Waals surface area contributed by atoms with Crippen LogP contribution in [-0.4, -0.2) is 50.5 Å². The number of benzene rings is 2. The number of para-hydroxylation sites is 1. The van der Waals surface area contributed by atoms with Gasteiger partial charge in [-0.05, 0) is 29.8 Å². The van der Waals surface area contributed by atoms with Crippen molar-refractivity contribution < 1.29 is 27.8 Å². The van der Waals surface area contributed by atoms with Crippen LogP contribution in [0.3, 0.4) is 0 Å². The van der Waals surface area contributed by atoms with Crippen molar-refractivity contribution in [1.82, 2.24) is 24.4 Å². The summed E-state index contributed by atoms with van der Waals surface area (Å²) < 4.78 is 40.6. The number of alkyl halides is 2. The van der Waals surface area contributed by atoms with Gasteiger partial charge in [-0.3, -0.25) is 9.48 Å². The maximum Gasteiger partial charge on any atom is 0.338 e. The van der Waals surface area contributed by atoms with Crippen LogP contribution < -0.4 is 10.1 Å². The highest BCUT2D eigenvalue weighted by molar-refractivity contribution is 6.08. The van der Waals surface area contributed by atoms with E-state index in [0.717, 1.165) is 4.52 Å². The number of esters is 1. The maximum absolute atomic E-state index is 14.0. The van der Waals surface area contributed by atoms with Gasteiger partial charge in [-0.15, -0.1) is 0 Å². The van der Waals surface area contributed by atoms with Crippen LogP contribution in [0, 0.1) is 0 Å². The first-order chi connectivity index (χ1) is 18.9. The lowest BCUT2D eigenvalue weighted by Crippen LogP contribution is -2.12. The number of methoxy groups -OCH3 is 2. The van der Waals surface area contributed by atoms with Gasteiger partial charge in [0, 0.05) is 11.8 Å². The van der Waals surface area contributed by atoms with Gasteiger partial charge in [0.05, 0.1) is 50.1 Å². The summed E-state index contributed by atoms with van der Waals surface area (Å²) in [7, 11) is 2.77. The molecule has 5 aromatic rings. The molecular weight excluding hydrogens is 510 g/mol. The van der Waals surface area contributed by atoms with Gasteiger partial charge < -0.3 is 14.8 Å². The molecule has 0 spiro atoms. The lowest BCUT2D eigenvalue weighted by Gasteiger charge is -2.11. The largest absolute Gasteiger partial charge is 0.496 e. The molecule has 10 nitrogen and oxygen atoms in total. The van der Waals surface area contributed by atoms with Gasteiger partial charge in [-0.25, -0.2) is 23.1 Å². The first-order valence-corrected chi connectivity index (χ1v) is 11.7. The lowest BCUT2D eigenvalue weighted by molar-refractivity contribution is 0.0599. The van der Waals surface area contributed by atoms with Crippen molar-refractivity contribution in [3.63, 3.8) is 0 Å². The molecule has 0 atom stereocenters. The van der Waals surface area contributed by atoms with Crippen molar-refractivity contribution in [2.24, 2.45) is 0 Å². The molecule has 0 saturated carbocycles. The SMILES string of the molecule is COC(=O)c1ccccc1Cn1cc(NC(=O)c2cnn3c(C(F)F)cc(-c4ccccc4OC)nc23)cn1. The van der Waals surface area contributed by atoms with Crippen molar-refractivity contribution in [3.8, 4) is 17.0 Å². The zero-order valence-electron chi connectivity index (χ0n) is 20.8. The number of nitrogens with one attached hydrogen (secondary N) is 1. The zero-order chi connectivity index (χ0) is 27.5. The quantitative estimate of drug-likeness (QED) is 0.290. The maximum atomic E-state index is 14.0. The lowest BCUT2D eigenvalue weighted by atomic mass is 10.1. The fourth-order valence-electron chi connectivity index (χ4n) is 4.15. The summed E-state index contributed by atoms with van der Waals surface area (Å²) in [4.78, 5) is 29.7. The monoisotopic (exact) mass is 532 g/mol. The smallest absolute Gasteiger partial charge is 0.338 e. The Labute approximate surface area is 220 Å². The molecule has 0 bridgehead atoms. The molecular formula is C27H22F2N6O4. The third-order valence-electron chi connectivity index (χ3n) is 6.00. The van der Waals surface area contributed by atoms with Gasteiger partial charge in [0.25, 0.3) is 12.3 Å². The molecule has 198 valence electrons. The summed E-state index contributed by atoms with van der Waals surface area (Å²) in [6, 6.07) is 15.0. The molecule has 3 aromatic heterocycles. The Balaban J connectivity index is 1.44. The van der Waals surface area contributed by atoms with Crippen molar-refractivity contribution in [2.45, 2.75) is 13.0 Å². The minimum atomic E-state index is -2.87. The summed E-state index contributed by atoms with van der Waals surface area (Å²) in [6.45, 7) is 0.249. The first kappa shape index (κ1) is 25.5. The van der Waals surface area contributed by atoms with Crippen LogP contribution in [0.4, 0.5) is 14.5 Å². The molecule has 3 heterocycles. The number of amides is 1. The fourth-order valence-corrected chi connectivity index (χ4v) is 4.15. The van der Waals surface area contributed by atoms with Crippen LogP contribution >= 0.6 is 0 Å². The molecule has 1 N–H and O–H groups in total. The van der Waals surface area contributed by atoms with Gasteiger partial charge in [0.15, 0.2) is 5.65 Å². The Morgan fingerprint density at radius 2 is 1.77 bits per heavy atom. The van der Waals surface area contributed by atoms with Crippen molar-refractivity contribution >= 4 is 23.2 Å². The number of rotatable bonds is 8. The molecule has 0 unspecified atom stereocenters. The number of fused-ring (bicyclic) bond motifs is 1. The highest BCUT2D eigenvalue weighted by Gasteiger charge is 2.23. The third kappa shape index (κ3) is 5.04. The Hall–Kier alpha value is -5.13. The Morgan fingerprint density at radius 1 is 1.00 bits per heavy atom. The molecule has 5 rings (SSSR count). The number of carbonyl (C=O) groups is 2. The van der Waals surface area contributed by atoms with E-state index in [1.165, 1.54) is 32.7 Å². The summed E-state index contributed by atoms with van der Waals surface area (Å²) in [5.74, 6) is -0.631. The summed E-state index contributed by atoms with van der Waals surface area (Å²) in [6.07, 6.45) is 1.33. The minimum Gasteiger partial charge on any atom is -0.496 e. The van der Waals surface area contributed by atoms with Crippen molar-refractivity contribution in [1.29, 1.82) is 0 Å². The van der Waals surface area contributed by atoms with E-state index in [2.05, 4.69) is 20.5 Å². The van der Waals surface area contributed by atoms with Crippen LogP contribution in [0.1, 0.15) is 38.4 Å². The first-order valence-electron chi connectivity index (χ1n) is 11.7. The molecule has 0 saturated heterocycles. The molecule has 0 fully saturated rings. The second-order valence-corrected chi connectivity index (χ2v) is 8.39. The molecule has 39 heavy (non-hydrogen) atoms. The number of anilines is 1. The molecule has 0 aliphatic heterocycles. The normalized spacial score (nSPS) is 11.1. The van der Waals surface area contributed by atoms with E-state index < -0.39 is 24.0 Å². The molecule has 0 radical (unpaired) electrons. The van der Waals surface area contributed by atoms with Gasteiger partial charge in [0.2, 0.25) is 0 Å². The van der Waals surface area contributed by atoms with Gasteiger partial charge >= 0.3 is 5.97 Å². The number of hydrogen-bond donors (Lipinski definition) is 1. The van der Waals surface area contributed by atoms with E-state index in [4.69, 9.17) is 9.47 Å². The van der Waals surface area contributed by atoms with E-state index in [0.29, 0.717) is 28.1 Å². The van der Waals surface area contributed by atoms with E-state index in [1.807, 2.05) is 0 Å². The molecule has 0 aliphatic rings. The Kier molecular flexibility index (Phi) is 7.00. The van der Waals surface area contributed by atoms with Crippen LogP contribution in [0.5, 0.6) is 5.75 Å². The number of halogens is 2. The molecule has 12 heteroatoms. The summed E-state index contributed by atoms with van der Waals surface area (Å²) in [5, 5.41) is 10.9. The standard InChI is InChI=1S/C27H22F2N6O4/c1-38-23-10-6-5-9-19(23)21-11-22(24(28)29)35-25(33-21)20(13-31-35)26(36)32-17-12-30-34(15-17)14-16-7-3-4-8-18(16)27(37)39-2/h3-13,15,24H,14H2,1-2H3,(H,32,36). The van der Waals surface area contributed by atoms with Crippen molar-refractivity contribution in [2.75, 3.05) is 19.5 Å². The van der Waals surface area contributed by atoms with Crippen molar-refractivity contribution in [3.05, 3.63) is 95.6 Å². The highest BCUT2D eigenvalue weighted by atomic mass is 19.3. The average molecular weight is 533 g/mol. The van der Waals surface area contributed by atoms with Crippen LogP contribution in [0.2, 0.25) is 0 Å². The fraction of sp³-hybridized carbons (Fsp3) is 0.148. The summed E-state index contributed by atoms with van der Waals surface area (Å²) in [5.41, 5.74) is 1.68. The number of nitrogens with zero attached hydrogens (tertiary/aromatic N) is 5. The number of carbonyl (C=O) groups excluding carboxylic acids is 2. The average Bonchev–Trinajstić information content (AvgIpc) is 3.58. The number of ether oxygens (including phenoxy) is 2. The highest BCUT2D eigenvalue weighted by Crippen LogP contribution is 2.32. The Bertz CT molecular complexity index is 1680. The van der Waals surface area contributed by atoms with Crippen LogP contribution in [0.15, 0.2) is 73.2 Å². The van der Waals surface area contributed by atoms with Gasteiger partial charge in [-0.1, -0.05) is 30.3 Å². The second kappa shape index (κ2) is 10.7. The van der Waals surface area contributed by atoms with Gasteiger partial charge in [-0.2, -0.15) is 10.2 Å². The Morgan fingerprint density at radius 3 is 2.54 bits per heavy atom. The second-order valence-electron chi connectivity index (χ2n) is 8.39. The number of aromatic nitrogens is 5. The third-order valence-corrected chi connectivity index (χ3v) is 6.00. The topological polar surface area (TPSA) is 113 Å². The van der Waals surface area contributed by atoms with E-state index >= 15 is 0 Å². The number of hydrogen-bond acceptors (Lipinski definition) is 7. The predicted molar refractivity (Wildman–Crippen MR) is 137 cm³/mol. The summed E-state index contributed by atoms with van der Waals surface area (Å²) >= 11 is 0. The van der Waals surface area contributed by atoms with E-state index in [9.17, 15) is 18.4 Å². The van der Waals surface area contributed by atoms with E-state index in [-0.39, 0.29) is 23.4 Å². The molecule has 0 aliphatic carbocycles. The zero-order valence-corrected chi connectivity index (χ0v) is 20.8. The van der Waals surface area contributed by atoms with Crippen LogP contribution in [0.25, 0.3) is 16.9 Å². The van der Waals surface area contributed by atoms with Crippen LogP contribution in [-0.2, 0) is 11.3 Å². The predicted octanol–water partition coefficient (Wildman–Crippen LogP) is 4.63. The minimum absolute atomic E-state index is 0.00238. The molecule has 1 amide bonds. The van der Waals surface area contributed by atoms with Gasteiger partial charge in [0.1, 0.15) is 17.0 Å².